The number of thioether (sulfide) groups is 1. The first-order valence-electron chi connectivity index (χ1n) is 8.58. The molecule has 1 aliphatic heterocycles. The molecule has 9 heteroatoms. The molecule has 1 fully saturated rings. The largest absolute Gasteiger partial charge is 0.492 e. The molecule has 0 unspecified atom stereocenters. The third kappa shape index (κ3) is 5.84. The highest BCUT2D eigenvalue weighted by Crippen LogP contribution is 2.34. The molecule has 1 heterocycles. The van der Waals surface area contributed by atoms with E-state index in [1.807, 2.05) is 12.1 Å². The number of amides is 2. The van der Waals surface area contributed by atoms with E-state index >= 15 is 0 Å². The van der Waals surface area contributed by atoms with Crippen molar-refractivity contribution in [1.29, 1.82) is 0 Å². The summed E-state index contributed by atoms with van der Waals surface area (Å²) < 4.78 is 12.9. The lowest BCUT2D eigenvalue weighted by Crippen LogP contribution is -2.32. The van der Waals surface area contributed by atoms with Gasteiger partial charge in [0.25, 0.3) is 11.1 Å². The Bertz CT molecular complexity index is 1030. The summed E-state index contributed by atoms with van der Waals surface area (Å²) in [6.07, 6.45) is 6.96. The fourth-order valence-electron chi connectivity index (χ4n) is 2.54. The summed E-state index contributed by atoms with van der Waals surface area (Å²) in [5.74, 6) is 3.44. The van der Waals surface area contributed by atoms with Gasteiger partial charge >= 0.3 is 0 Å². The van der Waals surface area contributed by atoms with Gasteiger partial charge in [-0.05, 0) is 105 Å². The Kier molecular flexibility index (Phi) is 8.33. The maximum absolute atomic E-state index is 12.7. The lowest BCUT2D eigenvalue weighted by Gasteiger charge is -2.13. The van der Waals surface area contributed by atoms with Crippen LogP contribution in [0.4, 0.5) is 4.79 Å². The van der Waals surface area contributed by atoms with Crippen molar-refractivity contribution in [3.05, 3.63) is 59.0 Å². The summed E-state index contributed by atoms with van der Waals surface area (Å²) in [5, 5.41) is 0.294. The summed E-state index contributed by atoms with van der Waals surface area (Å²) in [7, 11) is 0. The molecule has 0 bridgehead atoms. The number of benzene rings is 2. The average molecular weight is 666 g/mol. The molecule has 0 N–H and O–H groups in total. The van der Waals surface area contributed by atoms with E-state index in [9.17, 15) is 9.59 Å². The van der Waals surface area contributed by atoms with E-state index in [0.717, 1.165) is 24.5 Å². The van der Waals surface area contributed by atoms with Crippen molar-refractivity contribution in [3.8, 4) is 23.8 Å². The van der Waals surface area contributed by atoms with Gasteiger partial charge in [0.2, 0.25) is 0 Å². The summed E-state index contributed by atoms with van der Waals surface area (Å²) in [6.45, 7) is 0.546. The Balaban J connectivity index is 1.67. The Labute approximate surface area is 210 Å². The van der Waals surface area contributed by atoms with E-state index in [2.05, 4.69) is 51.1 Å². The number of terminal acetylenes is 1. The highest BCUT2D eigenvalue weighted by Gasteiger charge is 2.34. The summed E-state index contributed by atoms with van der Waals surface area (Å²) in [5.41, 5.74) is 0.805. The third-order valence-electron chi connectivity index (χ3n) is 3.89. The molecule has 2 aromatic rings. The summed E-state index contributed by atoms with van der Waals surface area (Å²) in [4.78, 5) is 26.5. The zero-order valence-electron chi connectivity index (χ0n) is 15.4. The molecule has 2 amide bonds. The molecule has 2 aromatic carbocycles. The van der Waals surface area contributed by atoms with Gasteiger partial charge in [-0.15, -0.1) is 6.42 Å². The standard InChI is InChI=1S/C21H14ClI2NO4S/c1-2-8-29-19-16(23)10-13(11-17(19)24)12-18-20(26)25(21(27)30-18)7-9-28-15-5-3-14(22)4-6-15/h1,3-6,10-12H,7-9H2/b18-12-. The highest BCUT2D eigenvalue weighted by molar-refractivity contribution is 14.1. The van der Waals surface area contributed by atoms with E-state index in [1.165, 1.54) is 4.90 Å². The first-order chi connectivity index (χ1) is 14.4. The Hall–Kier alpha value is -1.42. The second-order valence-electron chi connectivity index (χ2n) is 5.94. The quantitative estimate of drug-likeness (QED) is 0.217. The predicted octanol–water partition coefficient (Wildman–Crippen LogP) is 5.68. The number of ether oxygens (including phenoxy) is 2. The molecular formula is C21H14ClI2NO4S. The number of hydrogen-bond donors (Lipinski definition) is 0. The van der Waals surface area contributed by atoms with Crippen LogP contribution in [0.3, 0.4) is 0 Å². The van der Waals surface area contributed by atoms with Crippen LogP contribution < -0.4 is 9.47 Å². The molecule has 0 saturated carbocycles. The van der Waals surface area contributed by atoms with Crippen LogP contribution in [0.2, 0.25) is 5.02 Å². The van der Waals surface area contributed by atoms with Crippen molar-refractivity contribution >= 4 is 85.8 Å². The molecular weight excluding hydrogens is 652 g/mol. The highest BCUT2D eigenvalue weighted by atomic mass is 127. The summed E-state index contributed by atoms with van der Waals surface area (Å²) >= 11 is 11.1. The molecule has 30 heavy (non-hydrogen) atoms. The molecule has 0 aliphatic carbocycles. The zero-order valence-corrected chi connectivity index (χ0v) is 21.2. The Morgan fingerprint density at radius 1 is 1.13 bits per heavy atom. The lowest BCUT2D eigenvalue weighted by atomic mass is 10.2. The van der Waals surface area contributed by atoms with Gasteiger partial charge in [-0.2, -0.15) is 0 Å². The number of rotatable bonds is 7. The first kappa shape index (κ1) is 23.2. The zero-order chi connectivity index (χ0) is 21.7. The van der Waals surface area contributed by atoms with E-state index in [0.29, 0.717) is 21.4 Å². The SMILES string of the molecule is C#CCOc1c(I)cc(/C=C2\SC(=O)N(CCOc3ccc(Cl)cc3)C2=O)cc1I. The minimum Gasteiger partial charge on any atom is -0.492 e. The van der Waals surface area contributed by atoms with Gasteiger partial charge in [-0.1, -0.05) is 17.5 Å². The molecule has 1 saturated heterocycles. The summed E-state index contributed by atoms with van der Waals surface area (Å²) in [6, 6.07) is 10.7. The van der Waals surface area contributed by atoms with Crippen molar-refractivity contribution in [3.63, 3.8) is 0 Å². The fraction of sp³-hybridized carbons (Fsp3) is 0.143. The molecule has 1 aliphatic rings. The van der Waals surface area contributed by atoms with Crippen molar-refractivity contribution in [2.75, 3.05) is 19.8 Å². The van der Waals surface area contributed by atoms with Crippen molar-refractivity contribution in [2.24, 2.45) is 0 Å². The van der Waals surface area contributed by atoms with E-state index in [4.69, 9.17) is 27.5 Å². The van der Waals surface area contributed by atoms with Gasteiger partial charge < -0.3 is 9.47 Å². The second kappa shape index (κ2) is 10.7. The van der Waals surface area contributed by atoms with Gasteiger partial charge in [-0.3, -0.25) is 14.5 Å². The number of imide groups is 1. The predicted molar refractivity (Wildman–Crippen MR) is 136 cm³/mol. The molecule has 0 spiro atoms. The maximum Gasteiger partial charge on any atom is 0.293 e. The molecule has 0 radical (unpaired) electrons. The van der Waals surface area contributed by atoms with Crippen LogP contribution in [-0.2, 0) is 4.79 Å². The Morgan fingerprint density at radius 3 is 2.43 bits per heavy atom. The van der Waals surface area contributed by atoms with Crippen molar-refractivity contribution in [1.82, 2.24) is 4.90 Å². The number of hydrogen-bond acceptors (Lipinski definition) is 5. The molecule has 5 nitrogen and oxygen atoms in total. The van der Waals surface area contributed by atoms with Gasteiger partial charge in [-0.25, -0.2) is 0 Å². The fourth-order valence-corrected chi connectivity index (χ4v) is 5.66. The van der Waals surface area contributed by atoms with Crippen LogP contribution in [0.1, 0.15) is 5.56 Å². The molecule has 0 atom stereocenters. The van der Waals surface area contributed by atoms with Crippen LogP contribution in [0.15, 0.2) is 41.3 Å². The number of nitrogens with zero attached hydrogens (tertiary/aromatic N) is 1. The molecule has 154 valence electrons. The minimum absolute atomic E-state index is 0.165. The topological polar surface area (TPSA) is 55.8 Å². The number of carbonyl (C=O) groups is 2. The lowest BCUT2D eigenvalue weighted by molar-refractivity contribution is -0.123. The first-order valence-corrected chi connectivity index (χ1v) is 11.9. The molecule has 3 rings (SSSR count). The van der Waals surface area contributed by atoms with Gasteiger partial charge in [0.05, 0.1) is 18.6 Å². The van der Waals surface area contributed by atoms with Gasteiger partial charge in [0.1, 0.15) is 24.7 Å². The second-order valence-corrected chi connectivity index (χ2v) is 9.70. The van der Waals surface area contributed by atoms with Gasteiger partial charge in [0, 0.05) is 5.02 Å². The van der Waals surface area contributed by atoms with E-state index in [-0.39, 0.29) is 30.9 Å². The van der Waals surface area contributed by atoms with E-state index < -0.39 is 0 Å². The van der Waals surface area contributed by atoms with Crippen LogP contribution in [0.25, 0.3) is 6.08 Å². The smallest absolute Gasteiger partial charge is 0.293 e. The minimum atomic E-state index is -0.331. The van der Waals surface area contributed by atoms with Crippen LogP contribution in [0.5, 0.6) is 11.5 Å². The van der Waals surface area contributed by atoms with Crippen LogP contribution in [0, 0.1) is 19.5 Å². The van der Waals surface area contributed by atoms with Crippen LogP contribution in [-0.4, -0.2) is 35.8 Å². The monoisotopic (exact) mass is 665 g/mol. The number of carbonyl (C=O) groups excluding carboxylic acids is 2. The number of halogens is 3. The third-order valence-corrected chi connectivity index (χ3v) is 6.65. The van der Waals surface area contributed by atoms with Crippen molar-refractivity contribution in [2.45, 2.75) is 0 Å². The average Bonchev–Trinajstić information content (AvgIpc) is 2.96. The van der Waals surface area contributed by atoms with Gasteiger partial charge in [0.15, 0.2) is 0 Å². The van der Waals surface area contributed by atoms with E-state index in [1.54, 1.807) is 30.3 Å². The Morgan fingerprint density at radius 2 is 1.80 bits per heavy atom. The molecule has 0 aromatic heterocycles. The van der Waals surface area contributed by atoms with Crippen LogP contribution >= 0.6 is 68.5 Å². The maximum atomic E-state index is 12.7. The normalized spacial score (nSPS) is 14.9. The van der Waals surface area contributed by atoms with Crippen molar-refractivity contribution < 1.29 is 19.1 Å².